The highest BCUT2D eigenvalue weighted by atomic mass is 16.5. The SMILES string of the molecule is CC(=O)O[C@H]1CC[C@@]2(C)C(=CC[C@H]3[C@@H]2CC[C@]2(C)C(=O)CC[C@@H]32)C1. The normalized spacial score (nSPS) is 47.3. The Morgan fingerprint density at radius 3 is 2.58 bits per heavy atom. The minimum atomic E-state index is -0.157. The van der Waals surface area contributed by atoms with Crippen LogP contribution < -0.4 is 0 Å². The van der Waals surface area contributed by atoms with Gasteiger partial charge in [-0.2, -0.15) is 0 Å². The summed E-state index contributed by atoms with van der Waals surface area (Å²) in [4.78, 5) is 23.7. The first-order valence-electron chi connectivity index (χ1n) is 9.74. The number of ketones is 1. The van der Waals surface area contributed by atoms with E-state index in [1.807, 2.05) is 0 Å². The van der Waals surface area contributed by atoms with E-state index in [2.05, 4.69) is 19.9 Å². The molecular formula is C21H30O3. The van der Waals surface area contributed by atoms with Crippen molar-refractivity contribution in [1.82, 2.24) is 0 Å². The number of hydrogen-bond acceptors (Lipinski definition) is 3. The summed E-state index contributed by atoms with van der Waals surface area (Å²) >= 11 is 0. The molecule has 0 aromatic rings. The van der Waals surface area contributed by atoms with Crippen molar-refractivity contribution >= 4 is 11.8 Å². The lowest BCUT2D eigenvalue weighted by atomic mass is 9.48. The van der Waals surface area contributed by atoms with E-state index in [0.717, 1.165) is 44.9 Å². The first kappa shape index (κ1) is 16.4. The first-order chi connectivity index (χ1) is 11.3. The van der Waals surface area contributed by atoms with Crippen molar-refractivity contribution in [2.75, 3.05) is 0 Å². The lowest BCUT2D eigenvalue weighted by Gasteiger charge is -2.56. The predicted octanol–water partition coefficient (Wildman–Crippen LogP) is 4.45. The predicted molar refractivity (Wildman–Crippen MR) is 92.3 cm³/mol. The molecule has 0 unspecified atom stereocenters. The molecule has 0 aromatic carbocycles. The van der Waals surface area contributed by atoms with Crippen LogP contribution in [0.2, 0.25) is 0 Å². The number of fused-ring (bicyclic) bond motifs is 5. The van der Waals surface area contributed by atoms with Crippen LogP contribution in [0.4, 0.5) is 0 Å². The van der Waals surface area contributed by atoms with Crippen LogP contribution in [0, 0.1) is 28.6 Å². The van der Waals surface area contributed by atoms with Crippen LogP contribution in [-0.2, 0) is 14.3 Å². The summed E-state index contributed by atoms with van der Waals surface area (Å²) in [6.07, 6.45) is 10.8. The number of ether oxygens (including phenoxy) is 1. The third kappa shape index (κ3) is 2.23. The van der Waals surface area contributed by atoms with Crippen LogP contribution in [0.15, 0.2) is 11.6 Å². The van der Waals surface area contributed by atoms with Crippen molar-refractivity contribution in [1.29, 1.82) is 0 Å². The van der Waals surface area contributed by atoms with E-state index in [9.17, 15) is 9.59 Å². The smallest absolute Gasteiger partial charge is 0.302 e. The first-order valence-corrected chi connectivity index (χ1v) is 9.74. The number of allylic oxidation sites excluding steroid dienone is 1. The van der Waals surface area contributed by atoms with Crippen molar-refractivity contribution in [2.45, 2.75) is 78.2 Å². The molecule has 0 aliphatic heterocycles. The monoisotopic (exact) mass is 330 g/mol. The molecule has 4 rings (SSSR count). The molecule has 6 atom stereocenters. The average Bonchev–Trinajstić information content (AvgIpc) is 2.83. The van der Waals surface area contributed by atoms with E-state index in [4.69, 9.17) is 4.74 Å². The maximum atomic E-state index is 12.4. The topological polar surface area (TPSA) is 43.4 Å². The number of hydrogen-bond donors (Lipinski definition) is 0. The molecule has 0 amide bonds. The third-order valence-corrected chi connectivity index (χ3v) is 8.10. The molecule has 4 aliphatic carbocycles. The van der Waals surface area contributed by atoms with Gasteiger partial charge >= 0.3 is 5.97 Å². The zero-order chi connectivity index (χ0) is 17.1. The van der Waals surface area contributed by atoms with Gasteiger partial charge in [0.2, 0.25) is 0 Å². The second-order valence-corrected chi connectivity index (χ2v) is 9.15. The minimum Gasteiger partial charge on any atom is -0.462 e. The number of rotatable bonds is 1. The maximum Gasteiger partial charge on any atom is 0.302 e. The van der Waals surface area contributed by atoms with Crippen LogP contribution in [0.25, 0.3) is 0 Å². The van der Waals surface area contributed by atoms with Gasteiger partial charge in [0, 0.05) is 25.2 Å². The molecule has 132 valence electrons. The number of carbonyl (C=O) groups is 2. The molecule has 24 heavy (non-hydrogen) atoms. The molecule has 0 radical (unpaired) electrons. The summed E-state index contributed by atoms with van der Waals surface area (Å²) in [5.41, 5.74) is 1.74. The molecule has 4 aliphatic rings. The zero-order valence-electron chi connectivity index (χ0n) is 15.3. The standard InChI is InChI=1S/C21H30O3/c1-13(22)24-15-8-10-20(2)14(12-15)4-5-16-17-6-7-19(23)21(17,3)11-9-18(16)20/h4,15-18H,5-12H2,1-3H3/t15-,16+,17-,18-,20-,21-/m0/s1. The van der Waals surface area contributed by atoms with E-state index >= 15 is 0 Å². The fraction of sp³-hybridized carbons (Fsp3) is 0.810. The summed E-state index contributed by atoms with van der Waals surface area (Å²) in [5, 5.41) is 0. The van der Waals surface area contributed by atoms with Gasteiger partial charge in [-0.15, -0.1) is 0 Å². The molecular weight excluding hydrogens is 300 g/mol. The molecule has 0 spiro atoms. The molecule has 0 heterocycles. The lowest BCUT2D eigenvalue weighted by molar-refractivity contribution is -0.148. The molecule has 0 saturated heterocycles. The summed E-state index contributed by atoms with van der Waals surface area (Å²) < 4.78 is 5.50. The molecule has 0 aromatic heterocycles. The maximum absolute atomic E-state index is 12.4. The molecule has 0 bridgehead atoms. The third-order valence-electron chi connectivity index (χ3n) is 8.10. The van der Waals surface area contributed by atoms with Gasteiger partial charge in [0.25, 0.3) is 0 Å². The van der Waals surface area contributed by atoms with Crippen molar-refractivity contribution in [2.24, 2.45) is 28.6 Å². The summed E-state index contributed by atoms with van der Waals surface area (Å²) in [6, 6.07) is 0. The van der Waals surface area contributed by atoms with Gasteiger partial charge in [0.05, 0.1) is 0 Å². The van der Waals surface area contributed by atoms with Crippen molar-refractivity contribution in [3.63, 3.8) is 0 Å². The Bertz CT molecular complexity index is 606. The second-order valence-electron chi connectivity index (χ2n) is 9.15. The van der Waals surface area contributed by atoms with Crippen molar-refractivity contribution in [3.05, 3.63) is 11.6 Å². The van der Waals surface area contributed by atoms with E-state index in [1.165, 1.54) is 18.9 Å². The van der Waals surface area contributed by atoms with Gasteiger partial charge in [0.15, 0.2) is 0 Å². The quantitative estimate of drug-likeness (QED) is 0.527. The Balaban J connectivity index is 1.60. The van der Waals surface area contributed by atoms with E-state index in [1.54, 1.807) is 0 Å². The Labute approximate surface area is 145 Å². The minimum absolute atomic E-state index is 0.0438. The van der Waals surface area contributed by atoms with Crippen LogP contribution in [0.1, 0.15) is 72.1 Å². The highest BCUT2D eigenvalue weighted by Crippen LogP contribution is 2.64. The van der Waals surface area contributed by atoms with Crippen LogP contribution in [0.5, 0.6) is 0 Å². The molecule has 3 saturated carbocycles. The Morgan fingerprint density at radius 2 is 1.83 bits per heavy atom. The van der Waals surface area contributed by atoms with Gasteiger partial charge < -0.3 is 4.74 Å². The average molecular weight is 330 g/mol. The van der Waals surface area contributed by atoms with Crippen LogP contribution in [0.3, 0.4) is 0 Å². The summed E-state index contributed by atoms with van der Waals surface area (Å²) in [7, 11) is 0. The van der Waals surface area contributed by atoms with Crippen LogP contribution >= 0.6 is 0 Å². The highest BCUT2D eigenvalue weighted by Gasteiger charge is 2.58. The fourth-order valence-electron chi connectivity index (χ4n) is 6.73. The van der Waals surface area contributed by atoms with Gasteiger partial charge in [-0.1, -0.05) is 25.5 Å². The number of carbonyl (C=O) groups excluding carboxylic acids is 2. The zero-order valence-corrected chi connectivity index (χ0v) is 15.3. The highest BCUT2D eigenvalue weighted by molar-refractivity contribution is 5.87. The van der Waals surface area contributed by atoms with Gasteiger partial charge in [0.1, 0.15) is 11.9 Å². The van der Waals surface area contributed by atoms with E-state index < -0.39 is 0 Å². The lowest BCUT2D eigenvalue weighted by Crippen LogP contribution is -2.50. The molecule has 0 N–H and O–H groups in total. The molecule has 3 fully saturated rings. The Morgan fingerprint density at radius 1 is 1.12 bits per heavy atom. The molecule has 3 heteroatoms. The van der Waals surface area contributed by atoms with Gasteiger partial charge in [-0.3, -0.25) is 9.59 Å². The number of Topliss-reactive ketones (excluding diaryl/α,β-unsaturated/α-hetero) is 1. The fourth-order valence-corrected chi connectivity index (χ4v) is 6.73. The van der Waals surface area contributed by atoms with Gasteiger partial charge in [-0.25, -0.2) is 0 Å². The van der Waals surface area contributed by atoms with E-state index in [-0.39, 0.29) is 22.9 Å². The largest absolute Gasteiger partial charge is 0.462 e. The van der Waals surface area contributed by atoms with Gasteiger partial charge in [-0.05, 0) is 61.7 Å². The van der Waals surface area contributed by atoms with Crippen molar-refractivity contribution in [3.8, 4) is 0 Å². The Hall–Kier alpha value is -1.12. The Kier molecular flexibility index (Phi) is 3.71. The summed E-state index contributed by atoms with van der Waals surface area (Å²) in [5.74, 6) is 2.33. The van der Waals surface area contributed by atoms with Crippen LogP contribution in [-0.4, -0.2) is 17.9 Å². The summed E-state index contributed by atoms with van der Waals surface area (Å²) in [6.45, 7) is 6.19. The molecule has 3 nitrogen and oxygen atoms in total. The van der Waals surface area contributed by atoms with Crippen molar-refractivity contribution < 1.29 is 14.3 Å². The second kappa shape index (κ2) is 5.44. The number of esters is 1. The van der Waals surface area contributed by atoms with E-state index in [0.29, 0.717) is 23.5 Å².